The molecule has 0 bridgehead atoms. The van der Waals surface area contributed by atoms with E-state index in [9.17, 15) is 0 Å². The van der Waals surface area contributed by atoms with Crippen LogP contribution in [0.4, 0.5) is 0 Å². The Morgan fingerprint density at radius 3 is 1.86 bits per heavy atom. The van der Waals surface area contributed by atoms with Crippen LogP contribution in [0.5, 0.6) is 0 Å². The fourth-order valence-corrected chi connectivity index (χ4v) is 7.57. The zero-order chi connectivity index (χ0) is 32.7. The molecule has 0 saturated heterocycles. The van der Waals surface area contributed by atoms with Gasteiger partial charge in [-0.25, -0.2) is 9.97 Å². The number of para-hydroxylation sites is 3. The first kappa shape index (κ1) is 27.7. The van der Waals surface area contributed by atoms with E-state index < -0.39 is 0 Å². The maximum atomic E-state index is 5.34. The third-order valence-corrected chi connectivity index (χ3v) is 9.93. The van der Waals surface area contributed by atoms with Gasteiger partial charge >= 0.3 is 0 Å². The van der Waals surface area contributed by atoms with Gasteiger partial charge in [-0.3, -0.25) is 9.13 Å². The average molecular weight is 631 g/mol. The highest BCUT2D eigenvalue weighted by Crippen LogP contribution is 2.46. The molecular formula is C43H30N6. The molecule has 0 amide bonds. The van der Waals surface area contributed by atoms with E-state index in [-0.39, 0.29) is 5.41 Å². The molecule has 6 nitrogen and oxygen atoms in total. The molecule has 0 unspecified atom stereocenters. The Labute approximate surface area is 283 Å². The molecule has 0 N–H and O–H groups in total. The highest BCUT2D eigenvalue weighted by molar-refractivity contribution is 6.11. The molecule has 4 heterocycles. The van der Waals surface area contributed by atoms with E-state index in [1.54, 1.807) is 0 Å². The molecule has 9 aromatic rings. The SMILES string of the molecule is CC1(C)c2ccccc2-n2c1nc1c(-c3ccc4c(c3)c3ccccc3n4-c3nc(-c4ccccc4)nc(-c4ccccc4)n3)cccc12. The van der Waals surface area contributed by atoms with Crippen LogP contribution >= 0.6 is 0 Å². The molecule has 0 atom stereocenters. The molecule has 6 aromatic carbocycles. The largest absolute Gasteiger partial charge is 0.295 e. The lowest BCUT2D eigenvalue weighted by molar-refractivity contribution is 0.621. The summed E-state index contributed by atoms with van der Waals surface area (Å²) in [6.07, 6.45) is 0. The van der Waals surface area contributed by atoms with Crippen molar-refractivity contribution in [1.82, 2.24) is 29.1 Å². The Bertz CT molecular complexity index is 2680. The minimum absolute atomic E-state index is 0.188. The van der Waals surface area contributed by atoms with Crippen LogP contribution < -0.4 is 0 Å². The summed E-state index contributed by atoms with van der Waals surface area (Å²) in [7, 11) is 0. The van der Waals surface area contributed by atoms with Crippen LogP contribution in [0.15, 0.2) is 146 Å². The van der Waals surface area contributed by atoms with Crippen LogP contribution in [0.2, 0.25) is 0 Å². The number of hydrogen-bond donors (Lipinski definition) is 0. The summed E-state index contributed by atoms with van der Waals surface area (Å²) in [6, 6.07) is 50.6. The Morgan fingerprint density at radius 1 is 0.469 bits per heavy atom. The van der Waals surface area contributed by atoms with Gasteiger partial charge in [0.2, 0.25) is 5.95 Å². The van der Waals surface area contributed by atoms with E-state index in [4.69, 9.17) is 19.9 Å². The predicted molar refractivity (Wildman–Crippen MR) is 197 cm³/mol. The van der Waals surface area contributed by atoms with E-state index in [0.29, 0.717) is 17.6 Å². The Balaban J connectivity index is 1.19. The van der Waals surface area contributed by atoms with Crippen LogP contribution in [-0.2, 0) is 5.41 Å². The summed E-state index contributed by atoms with van der Waals surface area (Å²) in [6.45, 7) is 4.54. The summed E-state index contributed by atoms with van der Waals surface area (Å²) in [5.74, 6) is 2.93. The lowest BCUT2D eigenvalue weighted by Crippen LogP contribution is -2.16. The summed E-state index contributed by atoms with van der Waals surface area (Å²) in [5.41, 5.74) is 10.7. The first-order valence-corrected chi connectivity index (χ1v) is 16.6. The van der Waals surface area contributed by atoms with Crippen LogP contribution in [0, 0.1) is 0 Å². The molecule has 0 radical (unpaired) electrons. The van der Waals surface area contributed by atoms with E-state index in [0.717, 1.165) is 60.9 Å². The zero-order valence-corrected chi connectivity index (χ0v) is 27.0. The second-order valence-corrected chi connectivity index (χ2v) is 13.2. The maximum Gasteiger partial charge on any atom is 0.238 e. The van der Waals surface area contributed by atoms with Crippen LogP contribution in [0.1, 0.15) is 25.2 Å². The molecule has 0 aliphatic carbocycles. The molecule has 49 heavy (non-hydrogen) atoms. The van der Waals surface area contributed by atoms with Crippen molar-refractivity contribution in [2.24, 2.45) is 0 Å². The van der Waals surface area contributed by atoms with Crippen molar-refractivity contribution in [3.05, 3.63) is 157 Å². The third-order valence-electron chi connectivity index (χ3n) is 9.93. The first-order valence-electron chi connectivity index (χ1n) is 16.6. The van der Waals surface area contributed by atoms with Gasteiger partial charge in [0.25, 0.3) is 0 Å². The highest BCUT2D eigenvalue weighted by Gasteiger charge is 2.38. The molecule has 0 saturated carbocycles. The lowest BCUT2D eigenvalue weighted by atomic mass is 9.85. The van der Waals surface area contributed by atoms with Gasteiger partial charge in [0.1, 0.15) is 5.82 Å². The van der Waals surface area contributed by atoms with E-state index in [1.165, 1.54) is 11.3 Å². The smallest absolute Gasteiger partial charge is 0.238 e. The normalized spacial score (nSPS) is 13.3. The number of aromatic nitrogens is 6. The summed E-state index contributed by atoms with van der Waals surface area (Å²) >= 11 is 0. The third kappa shape index (κ3) is 4.07. The predicted octanol–water partition coefficient (Wildman–Crippen LogP) is 9.95. The lowest BCUT2D eigenvalue weighted by Gasteiger charge is -2.17. The van der Waals surface area contributed by atoms with E-state index in [1.807, 2.05) is 60.7 Å². The summed E-state index contributed by atoms with van der Waals surface area (Å²) in [5, 5.41) is 2.27. The topological polar surface area (TPSA) is 61.4 Å². The van der Waals surface area contributed by atoms with Gasteiger partial charge in [0.15, 0.2) is 11.6 Å². The quantitative estimate of drug-likeness (QED) is 0.194. The second kappa shape index (κ2) is 10.3. The fraction of sp³-hybridized carbons (Fsp3) is 0.0698. The number of rotatable bonds is 4. The average Bonchev–Trinajstić information content (AvgIpc) is 3.78. The first-order chi connectivity index (χ1) is 24.1. The molecule has 232 valence electrons. The molecule has 1 aliphatic rings. The number of nitrogens with zero attached hydrogens (tertiary/aromatic N) is 6. The molecule has 0 fully saturated rings. The van der Waals surface area contributed by atoms with Gasteiger partial charge < -0.3 is 0 Å². The van der Waals surface area contributed by atoms with Crippen molar-refractivity contribution in [3.63, 3.8) is 0 Å². The summed E-state index contributed by atoms with van der Waals surface area (Å²) in [4.78, 5) is 20.4. The van der Waals surface area contributed by atoms with E-state index in [2.05, 4.69) is 108 Å². The van der Waals surface area contributed by atoms with Crippen LogP contribution in [0.3, 0.4) is 0 Å². The molecule has 1 aliphatic heterocycles. The number of fused-ring (bicyclic) bond motifs is 8. The van der Waals surface area contributed by atoms with Gasteiger partial charge in [0, 0.05) is 27.5 Å². The van der Waals surface area contributed by atoms with Gasteiger partial charge in [-0.15, -0.1) is 0 Å². The maximum absolute atomic E-state index is 5.34. The monoisotopic (exact) mass is 630 g/mol. The van der Waals surface area contributed by atoms with Gasteiger partial charge in [-0.2, -0.15) is 9.97 Å². The Kier molecular flexibility index (Phi) is 5.82. The minimum atomic E-state index is -0.188. The van der Waals surface area contributed by atoms with Gasteiger partial charge in [-0.05, 0) is 55.3 Å². The van der Waals surface area contributed by atoms with Crippen molar-refractivity contribution < 1.29 is 0 Å². The Morgan fingerprint density at radius 2 is 1.10 bits per heavy atom. The van der Waals surface area contributed by atoms with Crippen LogP contribution in [-0.4, -0.2) is 29.1 Å². The zero-order valence-electron chi connectivity index (χ0n) is 27.0. The number of benzene rings is 6. The molecule has 10 rings (SSSR count). The van der Waals surface area contributed by atoms with Crippen molar-refractivity contribution in [3.8, 4) is 45.5 Å². The number of imidazole rings is 1. The molecule has 6 heteroatoms. The second-order valence-electron chi connectivity index (χ2n) is 13.2. The van der Waals surface area contributed by atoms with Crippen molar-refractivity contribution in [1.29, 1.82) is 0 Å². The van der Waals surface area contributed by atoms with Crippen LogP contribution in [0.25, 0.3) is 78.4 Å². The Hall–Kier alpha value is -6.40. The van der Waals surface area contributed by atoms with Crippen molar-refractivity contribution in [2.45, 2.75) is 19.3 Å². The van der Waals surface area contributed by atoms with Crippen molar-refractivity contribution in [2.75, 3.05) is 0 Å². The van der Waals surface area contributed by atoms with Crippen molar-refractivity contribution >= 4 is 32.8 Å². The standard InChI is InChI=1S/C43H30N6/c1-43(2)33-20-10-12-22-36(33)48-37-23-13-19-30(38(37)44-41(43)48)29-24-25-35-32(26-29)31-18-9-11-21-34(31)49(35)42-46-39(27-14-5-3-6-15-27)45-40(47-42)28-16-7-4-8-17-28/h3-26H,1-2H3. The number of hydrogen-bond acceptors (Lipinski definition) is 4. The molecular weight excluding hydrogens is 601 g/mol. The highest BCUT2D eigenvalue weighted by atomic mass is 15.2. The summed E-state index contributed by atoms with van der Waals surface area (Å²) < 4.78 is 4.51. The van der Waals surface area contributed by atoms with E-state index >= 15 is 0 Å². The van der Waals surface area contributed by atoms with Gasteiger partial charge in [-0.1, -0.05) is 115 Å². The van der Waals surface area contributed by atoms with Gasteiger partial charge in [0.05, 0.1) is 33.2 Å². The fourth-order valence-electron chi connectivity index (χ4n) is 7.57. The molecule has 0 spiro atoms. The molecule has 3 aromatic heterocycles. The minimum Gasteiger partial charge on any atom is -0.295 e.